The molecule has 7 heteroatoms. The number of amides is 1. The summed E-state index contributed by atoms with van der Waals surface area (Å²) in [5, 5.41) is 7.35. The summed E-state index contributed by atoms with van der Waals surface area (Å²) in [6, 6.07) is 5.99. The first-order valence-electron chi connectivity index (χ1n) is 8.68. The van der Waals surface area contributed by atoms with Gasteiger partial charge in [0.05, 0.1) is 6.54 Å². The van der Waals surface area contributed by atoms with Crippen LogP contribution < -0.4 is 11.1 Å². The van der Waals surface area contributed by atoms with Gasteiger partial charge in [0.2, 0.25) is 5.91 Å². The fraction of sp³-hybridized carbons (Fsp3) is 0.368. The summed E-state index contributed by atoms with van der Waals surface area (Å²) < 4.78 is 1.70. The zero-order valence-electron chi connectivity index (χ0n) is 15.6. The van der Waals surface area contributed by atoms with Crippen LogP contribution in [0.4, 0.5) is 5.69 Å². The van der Waals surface area contributed by atoms with E-state index in [1.807, 2.05) is 39.8 Å². The monoisotopic (exact) mass is 352 g/mol. The van der Waals surface area contributed by atoms with Crippen molar-refractivity contribution in [3.63, 3.8) is 0 Å². The van der Waals surface area contributed by atoms with Crippen LogP contribution in [0.5, 0.6) is 0 Å². The first kappa shape index (κ1) is 18.0. The van der Waals surface area contributed by atoms with E-state index in [1.54, 1.807) is 4.52 Å². The van der Waals surface area contributed by atoms with Crippen LogP contribution in [0.15, 0.2) is 18.2 Å². The summed E-state index contributed by atoms with van der Waals surface area (Å²) in [4.78, 5) is 21.2. The van der Waals surface area contributed by atoms with Crippen LogP contribution >= 0.6 is 0 Å². The van der Waals surface area contributed by atoms with Crippen molar-refractivity contribution in [3.8, 4) is 0 Å². The Labute approximate surface area is 152 Å². The van der Waals surface area contributed by atoms with Gasteiger partial charge in [-0.15, -0.1) is 5.10 Å². The van der Waals surface area contributed by atoms with Crippen molar-refractivity contribution in [1.82, 2.24) is 19.6 Å². The normalized spacial score (nSPS) is 11.1. The van der Waals surface area contributed by atoms with Crippen molar-refractivity contribution >= 4 is 17.4 Å². The number of nitrogens with zero attached hydrogens (tertiary/aromatic N) is 4. The van der Waals surface area contributed by atoms with Crippen molar-refractivity contribution in [2.75, 3.05) is 5.32 Å². The molecule has 3 aromatic rings. The summed E-state index contributed by atoms with van der Waals surface area (Å²) >= 11 is 0. The molecule has 7 nitrogen and oxygen atoms in total. The van der Waals surface area contributed by atoms with Crippen LogP contribution in [0.25, 0.3) is 5.78 Å². The molecule has 2 aromatic heterocycles. The van der Waals surface area contributed by atoms with E-state index < -0.39 is 0 Å². The predicted octanol–water partition coefficient (Wildman–Crippen LogP) is 2.39. The molecule has 0 radical (unpaired) electrons. The standard InChI is InChI=1S/C19H24N6O/c1-11-5-7-16(12(2)9-11)22-18(26)8-6-15-13(3)21-19-23-17(10-20)24-25(19)14(15)4/h5,7,9H,6,8,10,20H2,1-4H3,(H,22,26). The van der Waals surface area contributed by atoms with Gasteiger partial charge in [-0.1, -0.05) is 17.7 Å². The quantitative estimate of drug-likeness (QED) is 0.735. The number of nitrogens with two attached hydrogens (primary N) is 1. The predicted molar refractivity (Wildman–Crippen MR) is 101 cm³/mol. The van der Waals surface area contributed by atoms with E-state index in [2.05, 4.69) is 26.4 Å². The number of nitrogens with one attached hydrogen (secondary N) is 1. The molecule has 0 aliphatic carbocycles. The number of rotatable bonds is 5. The zero-order valence-corrected chi connectivity index (χ0v) is 15.6. The van der Waals surface area contributed by atoms with Gasteiger partial charge >= 0.3 is 0 Å². The molecule has 0 aliphatic heterocycles. The molecule has 3 rings (SSSR count). The zero-order chi connectivity index (χ0) is 18.8. The molecule has 0 aliphatic rings. The van der Waals surface area contributed by atoms with E-state index in [-0.39, 0.29) is 12.5 Å². The summed E-state index contributed by atoms with van der Waals surface area (Å²) in [7, 11) is 0. The van der Waals surface area contributed by atoms with Gasteiger partial charge in [-0.05, 0) is 51.3 Å². The average Bonchev–Trinajstić information content (AvgIpc) is 3.00. The van der Waals surface area contributed by atoms with Crippen molar-refractivity contribution < 1.29 is 4.79 Å². The number of hydrogen-bond acceptors (Lipinski definition) is 5. The Morgan fingerprint density at radius 1 is 1.19 bits per heavy atom. The van der Waals surface area contributed by atoms with E-state index >= 15 is 0 Å². The Morgan fingerprint density at radius 2 is 1.96 bits per heavy atom. The van der Waals surface area contributed by atoms with E-state index in [9.17, 15) is 4.79 Å². The minimum absolute atomic E-state index is 0.0166. The highest BCUT2D eigenvalue weighted by Crippen LogP contribution is 2.18. The van der Waals surface area contributed by atoms with Gasteiger partial charge in [0.15, 0.2) is 5.82 Å². The van der Waals surface area contributed by atoms with Crippen LogP contribution in [-0.4, -0.2) is 25.5 Å². The Hall–Kier alpha value is -2.80. The third-order valence-corrected chi connectivity index (χ3v) is 4.53. The molecule has 1 amide bonds. The Bertz CT molecular complexity index is 976. The highest BCUT2D eigenvalue weighted by atomic mass is 16.1. The number of benzene rings is 1. The van der Waals surface area contributed by atoms with E-state index in [0.717, 1.165) is 28.2 Å². The maximum atomic E-state index is 12.4. The second-order valence-corrected chi connectivity index (χ2v) is 6.57. The number of carbonyl (C=O) groups excluding carboxylic acids is 1. The first-order valence-corrected chi connectivity index (χ1v) is 8.68. The molecular formula is C19H24N6O. The smallest absolute Gasteiger partial charge is 0.252 e. The van der Waals surface area contributed by atoms with Gasteiger partial charge in [0, 0.05) is 23.5 Å². The lowest BCUT2D eigenvalue weighted by Crippen LogP contribution is -2.15. The van der Waals surface area contributed by atoms with Crippen molar-refractivity contribution in [2.45, 2.75) is 47.1 Å². The lowest BCUT2D eigenvalue weighted by Gasteiger charge is -2.12. The molecule has 0 saturated heterocycles. The lowest BCUT2D eigenvalue weighted by molar-refractivity contribution is -0.116. The van der Waals surface area contributed by atoms with Crippen LogP contribution in [-0.2, 0) is 17.8 Å². The minimum atomic E-state index is -0.0166. The second-order valence-electron chi connectivity index (χ2n) is 6.57. The van der Waals surface area contributed by atoms with Gasteiger partial charge in [-0.2, -0.15) is 4.98 Å². The van der Waals surface area contributed by atoms with Crippen LogP contribution in [0.2, 0.25) is 0 Å². The summed E-state index contributed by atoms with van der Waals surface area (Å²) in [6.45, 7) is 8.20. The van der Waals surface area contributed by atoms with Crippen molar-refractivity contribution in [2.24, 2.45) is 5.73 Å². The fourth-order valence-electron chi connectivity index (χ4n) is 3.10. The maximum absolute atomic E-state index is 12.4. The lowest BCUT2D eigenvalue weighted by atomic mass is 10.1. The van der Waals surface area contributed by atoms with Gasteiger partial charge in [0.25, 0.3) is 5.78 Å². The number of hydrogen-bond donors (Lipinski definition) is 2. The maximum Gasteiger partial charge on any atom is 0.252 e. The second kappa shape index (κ2) is 7.21. The van der Waals surface area contributed by atoms with Gasteiger partial charge < -0.3 is 11.1 Å². The van der Waals surface area contributed by atoms with E-state index in [4.69, 9.17) is 5.73 Å². The molecule has 0 spiro atoms. The number of aryl methyl sites for hydroxylation is 4. The van der Waals surface area contributed by atoms with Crippen LogP contribution in [0.3, 0.4) is 0 Å². The number of anilines is 1. The number of carbonyl (C=O) groups is 1. The largest absolute Gasteiger partial charge is 0.326 e. The van der Waals surface area contributed by atoms with Crippen molar-refractivity contribution in [3.05, 3.63) is 52.1 Å². The number of aromatic nitrogens is 4. The molecule has 0 bridgehead atoms. The molecule has 2 heterocycles. The Morgan fingerprint density at radius 3 is 2.65 bits per heavy atom. The van der Waals surface area contributed by atoms with Gasteiger partial charge in [-0.25, -0.2) is 9.50 Å². The average molecular weight is 352 g/mol. The van der Waals surface area contributed by atoms with E-state index in [0.29, 0.717) is 24.4 Å². The van der Waals surface area contributed by atoms with Crippen LogP contribution in [0, 0.1) is 27.7 Å². The summed E-state index contributed by atoms with van der Waals surface area (Å²) in [5.74, 6) is 1.09. The summed E-state index contributed by atoms with van der Waals surface area (Å²) in [5.41, 5.74) is 11.5. The van der Waals surface area contributed by atoms with Crippen molar-refractivity contribution in [1.29, 1.82) is 0 Å². The fourth-order valence-corrected chi connectivity index (χ4v) is 3.10. The Balaban J connectivity index is 1.75. The summed E-state index contributed by atoms with van der Waals surface area (Å²) in [6.07, 6.45) is 0.968. The number of fused-ring (bicyclic) bond motifs is 1. The molecule has 136 valence electrons. The third-order valence-electron chi connectivity index (χ3n) is 4.53. The minimum Gasteiger partial charge on any atom is -0.326 e. The first-order chi connectivity index (χ1) is 12.4. The Kier molecular flexibility index (Phi) is 4.99. The molecule has 1 aromatic carbocycles. The topological polar surface area (TPSA) is 98.2 Å². The molecule has 0 saturated carbocycles. The van der Waals surface area contributed by atoms with Gasteiger partial charge in [0.1, 0.15) is 0 Å². The molecule has 0 unspecified atom stereocenters. The molecular weight excluding hydrogens is 328 g/mol. The van der Waals surface area contributed by atoms with E-state index in [1.165, 1.54) is 5.56 Å². The highest BCUT2D eigenvalue weighted by molar-refractivity contribution is 5.91. The highest BCUT2D eigenvalue weighted by Gasteiger charge is 2.14. The molecule has 0 atom stereocenters. The van der Waals surface area contributed by atoms with Crippen LogP contribution in [0.1, 0.15) is 40.3 Å². The molecule has 3 N–H and O–H groups in total. The molecule has 26 heavy (non-hydrogen) atoms. The van der Waals surface area contributed by atoms with Gasteiger partial charge in [-0.3, -0.25) is 4.79 Å². The third kappa shape index (κ3) is 3.57. The SMILES string of the molecule is Cc1ccc(NC(=O)CCc2c(C)nc3nc(CN)nn3c2C)c(C)c1. The molecule has 0 fully saturated rings.